The lowest BCUT2D eigenvalue weighted by Crippen LogP contribution is -1.99. The molecule has 15 heavy (non-hydrogen) atoms. The van der Waals surface area contributed by atoms with Gasteiger partial charge in [-0.15, -0.1) is 0 Å². The molecule has 1 aromatic heterocycles. The molecule has 1 atom stereocenters. The van der Waals surface area contributed by atoms with Crippen molar-refractivity contribution >= 4 is 15.9 Å². The van der Waals surface area contributed by atoms with Gasteiger partial charge in [-0.05, 0) is 24.3 Å². The fourth-order valence-corrected chi connectivity index (χ4v) is 1.80. The fourth-order valence-electron chi connectivity index (χ4n) is 1.33. The summed E-state index contributed by atoms with van der Waals surface area (Å²) in [6.45, 7) is 0. The van der Waals surface area contributed by atoms with Crippen LogP contribution >= 0.6 is 15.9 Å². The van der Waals surface area contributed by atoms with Gasteiger partial charge < -0.3 is 9.52 Å². The first-order valence-electron chi connectivity index (χ1n) is 4.33. The van der Waals surface area contributed by atoms with Gasteiger partial charge in [0, 0.05) is 15.6 Å². The van der Waals surface area contributed by atoms with Gasteiger partial charge in [0.05, 0.1) is 12.5 Å². The second-order valence-corrected chi connectivity index (χ2v) is 3.98. The second-order valence-electron chi connectivity index (χ2n) is 3.13. The number of halogens is 2. The highest BCUT2D eigenvalue weighted by Crippen LogP contribution is 2.29. The summed E-state index contributed by atoms with van der Waals surface area (Å²) < 4.78 is 18.5. The summed E-state index contributed by atoms with van der Waals surface area (Å²) in [6.07, 6.45) is 2.02. The number of rotatable bonds is 2. The minimum absolute atomic E-state index is 0.379. The Morgan fingerprint density at radius 2 is 2.13 bits per heavy atom. The molecule has 2 aromatic rings. The van der Waals surface area contributed by atoms with Crippen molar-refractivity contribution in [3.63, 3.8) is 0 Å². The molecule has 1 unspecified atom stereocenters. The summed E-state index contributed by atoms with van der Waals surface area (Å²) in [7, 11) is 0. The predicted octanol–water partition coefficient (Wildman–Crippen LogP) is 3.26. The van der Waals surface area contributed by atoms with Gasteiger partial charge in [-0.3, -0.25) is 0 Å². The fraction of sp³-hybridized carbons (Fsp3) is 0.0909. The first kappa shape index (κ1) is 10.4. The van der Waals surface area contributed by atoms with E-state index in [2.05, 4.69) is 15.9 Å². The molecule has 78 valence electrons. The minimum atomic E-state index is -0.881. The van der Waals surface area contributed by atoms with Gasteiger partial charge in [0.2, 0.25) is 0 Å². The summed E-state index contributed by atoms with van der Waals surface area (Å²) in [6, 6.07) is 5.83. The van der Waals surface area contributed by atoms with Crippen molar-refractivity contribution in [2.75, 3.05) is 0 Å². The summed E-state index contributed by atoms with van der Waals surface area (Å²) in [5, 5.41) is 9.93. The maximum atomic E-state index is 13.0. The molecule has 2 nitrogen and oxygen atoms in total. The third kappa shape index (κ3) is 2.11. The molecule has 1 N–H and O–H groups in total. The van der Waals surface area contributed by atoms with Crippen LogP contribution in [0.3, 0.4) is 0 Å². The number of aliphatic hydroxyl groups is 1. The van der Waals surface area contributed by atoms with E-state index in [-0.39, 0.29) is 5.82 Å². The SMILES string of the molecule is OC(c1ccoc1)c1cc(F)ccc1Br. The summed E-state index contributed by atoms with van der Waals surface area (Å²) in [5.74, 6) is -0.379. The Balaban J connectivity index is 2.41. The number of furan rings is 1. The van der Waals surface area contributed by atoms with Crippen molar-refractivity contribution in [2.24, 2.45) is 0 Å². The maximum Gasteiger partial charge on any atom is 0.123 e. The highest BCUT2D eigenvalue weighted by molar-refractivity contribution is 9.10. The number of aliphatic hydroxyl groups excluding tert-OH is 1. The molecular formula is C11H8BrFO2. The molecule has 0 bridgehead atoms. The van der Waals surface area contributed by atoms with E-state index in [9.17, 15) is 9.50 Å². The summed E-state index contributed by atoms with van der Waals surface area (Å²) in [4.78, 5) is 0. The van der Waals surface area contributed by atoms with Crippen LogP contribution in [0.4, 0.5) is 4.39 Å². The van der Waals surface area contributed by atoms with E-state index < -0.39 is 6.10 Å². The van der Waals surface area contributed by atoms with Crippen molar-refractivity contribution in [2.45, 2.75) is 6.10 Å². The van der Waals surface area contributed by atoms with Crippen LogP contribution in [0.1, 0.15) is 17.2 Å². The van der Waals surface area contributed by atoms with Crippen molar-refractivity contribution in [3.8, 4) is 0 Å². The smallest absolute Gasteiger partial charge is 0.123 e. The highest BCUT2D eigenvalue weighted by Gasteiger charge is 2.15. The topological polar surface area (TPSA) is 33.4 Å². The Kier molecular flexibility index (Phi) is 2.88. The molecule has 0 amide bonds. The van der Waals surface area contributed by atoms with Gasteiger partial charge in [0.1, 0.15) is 11.9 Å². The van der Waals surface area contributed by atoms with Gasteiger partial charge >= 0.3 is 0 Å². The van der Waals surface area contributed by atoms with E-state index in [1.165, 1.54) is 24.7 Å². The lowest BCUT2D eigenvalue weighted by atomic mass is 10.0. The van der Waals surface area contributed by atoms with Crippen LogP contribution in [0, 0.1) is 5.82 Å². The number of hydrogen-bond donors (Lipinski definition) is 1. The molecule has 0 spiro atoms. The molecule has 1 aromatic carbocycles. The molecule has 0 aliphatic carbocycles. The molecule has 0 fully saturated rings. The van der Waals surface area contributed by atoms with E-state index >= 15 is 0 Å². The maximum absolute atomic E-state index is 13.0. The third-order valence-corrected chi connectivity index (χ3v) is 2.83. The van der Waals surface area contributed by atoms with Crippen LogP contribution in [0.5, 0.6) is 0 Å². The summed E-state index contributed by atoms with van der Waals surface area (Å²) >= 11 is 3.26. The Morgan fingerprint density at radius 1 is 1.33 bits per heavy atom. The third-order valence-electron chi connectivity index (χ3n) is 2.11. The van der Waals surface area contributed by atoms with Gasteiger partial charge in [0.15, 0.2) is 0 Å². The van der Waals surface area contributed by atoms with Gasteiger partial charge in [-0.2, -0.15) is 0 Å². The largest absolute Gasteiger partial charge is 0.472 e. The van der Waals surface area contributed by atoms with Crippen LogP contribution in [0.25, 0.3) is 0 Å². The zero-order valence-electron chi connectivity index (χ0n) is 7.65. The van der Waals surface area contributed by atoms with E-state index in [4.69, 9.17) is 4.42 Å². The Morgan fingerprint density at radius 3 is 2.80 bits per heavy atom. The Hall–Kier alpha value is -1.13. The average Bonchev–Trinajstić information content (AvgIpc) is 2.74. The molecule has 2 rings (SSSR count). The quantitative estimate of drug-likeness (QED) is 0.909. The number of hydrogen-bond acceptors (Lipinski definition) is 2. The molecule has 0 saturated carbocycles. The highest BCUT2D eigenvalue weighted by atomic mass is 79.9. The minimum Gasteiger partial charge on any atom is -0.472 e. The van der Waals surface area contributed by atoms with Crippen molar-refractivity contribution in [3.05, 3.63) is 58.2 Å². The van der Waals surface area contributed by atoms with Crippen LogP contribution in [0.15, 0.2) is 45.7 Å². The first-order valence-corrected chi connectivity index (χ1v) is 5.13. The first-order chi connectivity index (χ1) is 7.18. The van der Waals surface area contributed by atoms with Crippen LogP contribution in [-0.4, -0.2) is 5.11 Å². The number of benzene rings is 1. The van der Waals surface area contributed by atoms with Crippen molar-refractivity contribution in [1.82, 2.24) is 0 Å². The lowest BCUT2D eigenvalue weighted by Gasteiger charge is -2.10. The lowest BCUT2D eigenvalue weighted by molar-refractivity contribution is 0.218. The zero-order valence-corrected chi connectivity index (χ0v) is 9.24. The van der Waals surface area contributed by atoms with E-state index in [1.807, 2.05) is 0 Å². The van der Waals surface area contributed by atoms with Gasteiger partial charge in [-0.1, -0.05) is 15.9 Å². The van der Waals surface area contributed by atoms with Gasteiger partial charge in [-0.25, -0.2) is 4.39 Å². The molecule has 0 aliphatic rings. The van der Waals surface area contributed by atoms with Crippen molar-refractivity contribution < 1.29 is 13.9 Å². The zero-order chi connectivity index (χ0) is 10.8. The standard InChI is InChI=1S/C11H8BrFO2/c12-10-2-1-8(13)5-9(10)11(14)7-3-4-15-6-7/h1-6,11,14H. The molecule has 4 heteroatoms. The molecule has 0 saturated heterocycles. The molecule has 1 heterocycles. The Bertz CT molecular complexity index is 454. The summed E-state index contributed by atoms with van der Waals surface area (Å²) in [5.41, 5.74) is 1.08. The predicted molar refractivity (Wildman–Crippen MR) is 56.9 cm³/mol. The van der Waals surface area contributed by atoms with Crippen LogP contribution < -0.4 is 0 Å². The van der Waals surface area contributed by atoms with E-state index in [0.29, 0.717) is 15.6 Å². The molecule has 0 radical (unpaired) electrons. The Labute approximate surface area is 94.5 Å². The molecule has 0 aliphatic heterocycles. The van der Waals surface area contributed by atoms with Crippen molar-refractivity contribution in [1.29, 1.82) is 0 Å². The van der Waals surface area contributed by atoms with Crippen LogP contribution in [-0.2, 0) is 0 Å². The average molecular weight is 271 g/mol. The molecular weight excluding hydrogens is 263 g/mol. The van der Waals surface area contributed by atoms with Crippen LogP contribution in [0.2, 0.25) is 0 Å². The monoisotopic (exact) mass is 270 g/mol. The second kappa shape index (κ2) is 4.16. The van der Waals surface area contributed by atoms with E-state index in [0.717, 1.165) is 0 Å². The van der Waals surface area contributed by atoms with E-state index in [1.54, 1.807) is 12.1 Å². The van der Waals surface area contributed by atoms with Gasteiger partial charge in [0.25, 0.3) is 0 Å². The normalized spacial score (nSPS) is 12.7.